The second kappa shape index (κ2) is 6.66. The molecule has 2 rings (SSSR count). The second-order valence-electron chi connectivity index (χ2n) is 5.34. The number of pyridine rings is 1. The summed E-state index contributed by atoms with van der Waals surface area (Å²) < 4.78 is 27.9. The number of hydrogen-bond acceptors (Lipinski definition) is 3. The van der Waals surface area contributed by atoms with E-state index in [1.54, 1.807) is 12.1 Å². The third-order valence-electron chi connectivity index (χ3n) is 3.75. The van der Waals surface area contributed by atoms with Crippen LogP contribution in [-0.4, -0.2) is 40.0 Å². The van der Waals surface area contributed by atoms with Crippen LogP contribution in [0.5, 0.6) is 0 Å². The van der Waals surface area contributed by atoms with Crippen LogP contribution in [-0.2, 0) is 11.3 Å². The zero-order chi connectivity index (χ0) is 15.5. The molecule has 2 heterocycles. The summed E-state index contributed by atoms with van der Waals surface area (Å²) in [5.41, 5.74) is 0.763. The van der Waals surface area contributed by atoms with E-state index in [2.05, 4.69) is 4.98 Å². The van der Waals surface area contributed by atoms with Gasteiger partial charge < -0.3 is 5.11 Å². The fraction of sp³-hybridized carbons (Fsp3) is 0.571. The average molecular weight is 319 g/mol. The molecule has 1 saturated heterocycles. The van der Waals surface area contributed by atoms with Crippen molar-refractivity contribution in [2.45, 2.75) is 31.7 Å². The predicted molar refractivity (Wildman–Crippen MR) is 74.4 cm³/mol. The Morgan fingerprint density at radius 2 is 2.24 bits per heavy atom. The fourth-order valence-corrected chi connectivity index (χ4v) is 2.63. The number of carboxylic acid groups (broad SMARTS) is 1. The number of carbonyl (C=O) groups is 1. The van der Waals surface area contributed by atoms with Crippen molar-refractivity contribution >= 4 is 17.6 Å². The SMILES string of the molecule is O=C(O)CC1CCN(Cc2ccc(Cl)cn2)CCC1(F)F. The van der Waals surface area contributed by atoms with Crippen molar-refractivity contribution in [3.05, 3.63) is 29.0 Å². The summed E-state index contributed by atoms with van der Waals surface area (Å²) in [6.07, 6.45) is 0.891. The minimum absolute atomic E-state index is 0.174. The summed E-state index contributed by atoms with van der Waals surface area (Å²) in [5, 5.41) is 9.28. The maximum absolute atomic E-state index is 13.9. The monoisotopic (exact) mass is 318 g/mol. The Morgan fingerprint density at radius 3 is 2.86 bits per heavy atom. The highest BCUT2D eigenvalue weighted by Crippen LogP contribution is 2.36. The van der Waals surface area contributed by atoms with E-state index in [1.807, 2.05) is 4.90 Å². The predicted octanol–water partition coefficient (Wildman–Crippen LogP) is 3.06. The third-order valence-corrected chi connectivity index (χ3v) is 3.97. The molecule has 1 aromatic heterocycles. The first-order chi connectivity index (χ1) is 9.87. The lowest BCUT2D eigenvalue weighted by Gasteiger charge is -2.22. The number of aliphatic carboxylic acids is 1. The molecule has 0 aliphatic carbocycles. The van der Waals surface area contributed by atoms with E-state index in [-0.39, 0.29) is 19.4 Å². The largest absolute Gasteiger partial charge is 0.481 e. The van der Waals surface area contributed by atoms with Crippen molar-refractivity contribution in [2.75, 3.05) is 13.1 Å². The topological polar surface area (TPSA) is 53.4 Å². The molecular formula is C14H17ClF2N2O2. The molecular weight excluding hydrogens is 302 g/mol. The van der Waals surface area contributed by atoms with Gasteiger partial charge in [-0.05, 0) is 25.1 Å². The fourth-order valence-electron chi connectivity index (χ4n) is 2.52. The van der Waals surface area contributed by atoms with Gasteiger partial charge in [0.25, 0.3) is 5.92 Å². The Morgan fingerprint density at radius 1 is 1.48 bits per heavy atom. The molecule has 0 bridgehead atoms. The van der Waals surface area contributed by atoms with Gasteiger partial charge >= 0.3 is 5.97 Å². The molecule has 21 heavy (non-hydrogen) atoms. The third kappa shape index (κ3) is 4.61. The summed E-state index contributed by atoms with van der Waals surface area (Å²) in [7, 11) is 0. The molecule has 1 fully saturated rings. The van der Waals surface area contributed by atoms with E-state index in [0.29, 0.717) is 18.1 Å². The van der Waals surface area contributed by atoms with Gasteiger partial charge in [-0.2, -0.15) is 0 Å². The second-order valence-corrected chi connectivity index (χ2v) is 5.77. The first-order valence-corrected chi connectivity index (χ1v) is 7.17. The maximum Gasteiger partial charge on any atom is 0.303 e. The van der Waals surface area contributed by atoms with Gasteiger partial charge in [-0.1, -0.05) is 11.6 Å². The summed E-state index contributed by atoms with van der Waals surface area (Å²) >= 11 is 5.75. The molecule has 1 atom stereocenters. The highest BCUT2D eigenvalue weighted by Gasteiger charge is 2.42. The zero-order valence-corrected chi connectivity index (χ0v) is 12.2. The first kappa shape index (κ1) is 16.1. The Hall–Kier alpha value is -1.27. The van der Waals surface area contributed by atoms with Gasteiger partial charge in [0.05, 0.1) is 17.1 Å². The summed E-state index contributed by atoms with van der Waals surface area (Å²) in [4.78, 5) is 16.7. The van der Waals surface area contributed by atoms with Gasteiger partial charge in [-0.25, -0.2) is 8.78 Å². The van der Waals surface area contributed by atoms with Crippen LogP contribution in [0.15, 0.2) is 18.3 Å². The van der Waals surface area contributed by atoms with Crippen molar-refractivity contribution in [3.63, 3.8) is 0 Å². The molecule has 7 heteroatoms. The molecule has 0 saturated carbocycles. The van der Waals surface area contributed by atoms with E-state index < -0.39 is 24.2 Å². The quantitative estimate of drug-likeness (QED) is 0.927. The van der Waals surface area contributed by atoms with Crippen molar-refractivity contribution in [2.24, 2.45) is 5.92 Å². The van der Waals surface area contributed by atoms with E-state index in [9.17, 15) is 13.6 Å². The van der Waals surface area contributed by atoms with E-state index in [0.717, 1.165) is 5.69 Å². The van der Waals surface area contributed by atoms with Crippen LogP contribution in [0.4, 0.5) is 8.78 Å². The minimum Gasteiger partial charge on any atom is -0.481 e. The number of likely N-dealkylation sites (tertiary alicyclic amines) is 1. The van der Waals surface area contributed by atoms with E-state index in [1.165, 1.54) is 6.20 Å². The smallest absolute Gasteiger partial charge is 0.303 e. The van der Waals surface area contributed by atoms with Gasteiger partial charge in [0.2, 0.25) is 0 Å². The standard InChI is InChI=1S/C14H17ClF2N2O2/c15-11-1-2-12(18-8-11)9-19-5-3-10(7-13(20)21)14(16,17)4-6-19/h1-2,8,10H,3-7,9H2,(H,20,21). The maximum atomic E-state index is 13.9. The number of halogens is 3. The molecule has 0 spiro atoms. The molecule has 0 aromatic carbocycles. The summed E-state index contributed by atoms with van der Waals surface area (Å²) in [5.74, 6) is -5.20. The van der Waals surface area contributed by atoms with Crippen LogP contribution in [0.25, 0.3) is 0 Å². The van der Waals surface area contributed by atoms with Gasteiger partial charge in [0.15, 0.2) is 0 Å². The highest BCUT2D eigenvalue weighted by molar-refractivity contribution is 6.30. The first-order valence-electron chi connectivity index (χ1n) is 6.79. The Labute approximate surface area is 126 Å². The molecule has 1 aliphatic heterocycles. The van der Waals surface area contributed by atoms with Crippen LogP contribution in [0.3, 0.4) is 0 Å². The number of alkyl halides is 2. The molecule has 116 valence electrons. The van der Waals surface area contributed by atoms with Gasteiger partial charge in [-0.3, -0.25) is 14.7 Å². The normalized spacial score (nSPS) is 22.7. The number of rotatable bonds is 4. The van der Waals surface area contributed by atoms with Gasteiger partial charge in [0, 0.05) is 31.6 Å². The van der Waals surface area contributed by atoms with Crippen LogP contribution in [0, 0.1) is 5.92 Å². The van der Waals surface area contributed by atoms with Crippen LogP contribution < -0.4 is 0 Å². The molecule has 1 N–H and O–H groups in total. The van der Waals surface area contributed by atoms with Crippen molar-refractivity contribution in [3.8, 4) is 0 Å². The lowest BCUT2D eigenvalue weighted by molar-refractivity contribution is -0.143. The minimum atomic E-state index is -2.93. The summed E-state index contributed by atoms with van der Waals surface area (Å²) in [6.45, 7) is 1.14. The number of nitrogens with zero attached hydrogens (tertiary/aromatic N) is 2. The lowest BCUT2D eigenvalue weighted by atomic mass is 9.93. The Bertz CT molecular complexity index is 496. The molecule has 1 aliphatic rings. The Balaban J connectivity index is 1.99. The highest BCUT2D eigenvalue weighted by atomic mass is 35.5. The zero-order valence-electron chi connectivity index (χ0n) is 11.4. The van der Waals surface area contributed by atoms with E-state index in [4.69, 9.17) is 16.7 Å². The van der Waals surface area contributed by atoms with Crippen LogP contribution in [0.1, 0.15) is 25.0 Å². The van der Waals surface area contributed by atoms with Crippen molar-refractivity contribution in [1.29, 1.82) is 0 Å². The average Bonchev–Trinajstić information content (AvgIpc) is 2.54. The number of hydrogen-bond donors (Lipinski definition) is 1. The molecule has 0 radical (unpaired) electrons. The van der Waals surface area contributed by atoms with E-state index >= 15 is 0 Å². The molecule has 4 nitrogen and oxygen atoms in total. The Kier molecular flexibility index (Phi) is 5.11. The summed E-state index contributed by atoms with van der Waals surface area (Å²) in [6, 6.07) is 3.48. The van der Waals surface area contributed by atoms with Crippen molar-refractivity contribution < 1.29 is 18.7 Å². The van der Waals surface area contributed by atoms with Gasteiger partial charge in [0.1, 0.15) is 0 Å². The lowest BCUT2D eigenvalue weighted by Crippen LogP contribution is -2.30. The molecule has 1 aromatic rings. The molecule has 1 unspecified atom stereocenters. The number of aromatic nitrogens is 1. The molecule has 0 amide bonds. The van der Waals surface area contributed by atoms with Crippen molar-refractivity contribution in [1.82, 2.24) is 9.88 Å². The van der Waals surface area contributed by atoms with Crippen LogP contribution >= 0.6 is 11.6 Å². The van der Waals surface area contributed by atoms with Crippen LogP contribution in [0.2, 0.25) is 5.02 Å². The van der Waals surface area contributed by atoms with Gasteiger partial charge in [-0.15, -0.1) is 0 Å². The number of carboxylic acids is 1.